The minimum absolute atomic E-state index is 0.0820. The van der Waals surface area contributed by atoms with Crippen molar-refractivity contribution >= 4 is 17.4 Å². The number of ether oxygens (including phenoxy) is 2. The first-order chi connectivity index (χ1) is 19.4. The van der Waals surface area contributed by atoms with Crippen LogP contribution in [0.15, 0.2) is 84.4 Å². The van der Waals surface area contributed by atoms with Crippen LogP contribution < -0.4 is 9.47 Å². The molecule has 1 N–H and O–H groups in total. The summed E-state index contributed by atoms with van der Waals surface area (Å²) in [5.41, 5.74) is 2.31. The van der Waals surface area contributed by atoms with Gasteiger partial charge in [-0.25, -0.2) is 0 Å². The van der Waals surface area contributed by atoms with Gasteiger partial charge in [-0.15, -0.1) is 0 Å². The van der Waals surface area contributed by atoms with E-state index in [1.807, 2.05) is 79.7 Å². The summed E-state index contributed by atoms with van der Waals surface area (Å²) in [5.74, 6) is -0.216. The van der Waals surface area contributed by atoms with Gasteiger partial charge in [-0.2, -0.15) is 0 Å². The Balaban J connectivity index is 1.65. The van der Waals surface area contributed by atoms with Gasteiger partial charge in [0.1, 0.15) is 23.9 Å². The molecule has 1 atom stereocenters. The third-order valence-electron chi connectivity index (χ3n) is 6.86. The molecule has 210 valence electrons. The van der Waals surface area contributed by atoms with E-state index in [0.29, 0.717) is 43.2 Å². The molecule has 1 heterocycles. The molecular formula is C33H38N2O5. The van der Waals surface area contributed by atoms with Gasteiger partial charge in [0.2, 0.25) is 0 Å². The Labute approximate surface area is 236 Å². The number of benzene rings is 3. The molecule has 1 saturated heterocycles. The van der Waals surface area contributed by atoms with E-state index in [0.717, 1.165) is 30.5 Å². The number of hydrogen-bond acceptors (Lipinski definition) is 6. The topological polar surface area (TPSA) is 79.3 Å². The van der Waals surface area contributed by atoms with Crippen LogP contribution in [0.25, 0.3) is 5.76 Å². The summed E-state index contributed by atoms with van der Waals surface area (Å²) in [5, 5.41) is 11.4. The number of amides is 1. The fourth-order valence-corrected chi connectivity index (χ4v) is 4.72. The van der Waals surface area contributed by atoms with Crippen LogP contribution in [0, 0.1) is 0 Å². The third kappa shape index (κ3) is 7.10. The van der Waals surface area contributed by atoms with Crippen molar-refractivity contribution in [2.45, 2.75) is 38.8 Å². The number of ketones is 1. The molecule has 40 heavy (non-hydrogen) atoms. The van der Waals surface area contributed by atoms with Gasteiger partial charge in [-0.1, -0.05) is 67.9 Å². The first-order valence-electron chi connectivity index (χ1n) is 13.8. The quantitative estimate of drug-likeness (QED) is 0.127. The average molecular weight is 543 g/mol. The van der Waals surface area contributed by atoms with E-state index in [9.17, 15) is 14.7 Å². The lowest BCUT2D eigenvalue weighted by atomic mass is 9.95. The van der Waals surface area contributed by atoms with Gasteiger partial charge in [0.15, 0.2) is 0 Å². The minimum Gasteiger partial charge on any atom is -0.507 e. The van der Waals surface area contributed by atoms with Crippen molar-refractivity contribution in [3.05, 3.63) is 101 Å². The zero-order valence-corrected chi connectivity index (χ0v) is 23.5. The van der Waals surface area contributed by atoms with Crippen molar-refractivity contribution in [3.8, 4) is 11.5 Å². The lowest BCUT2D eigenvalue weighted by Gasteiger charge is -2.26. The normalized spacial score (nSPS) is 16.5. The lowest BCUT2D eigenvalue weighted by Crippen LogP contribution is -2.32. The highest BCUT2D eigenvalue weighted by atomic mass is 16.5. The second-order valence-corrected chi connectivity index (χ2v) is 10.2. The Morgan fingerprint density at radius 3 is 2.35 bits per heavy atom. The van der Waals surface area contributed by atoms with Crippen LogP contribution in [-0.2, 0) is 16.2 Å². The van der Waals surface area contributed by atoms with Crippen molar-refractivity contribution in [1.29, 1.82) is 0 Å². The average Bonchev–Trinajstić information content (AvgIpc) is 3.22. The van der Waals surface area contributed by atoms with Crippen molar-refractivity contribution in [3.63, 3.8) is 0 Å². The van der Waals surface area contributed by atoms with E-state index in [4.69, 9.17) is 9.47 Å². The summed E-state index contributed by atoms with van der Waals surface area (Å²) in [6.45, 7) is 4.23. The number of likely N-dealkylation sites (tertiary alicyclic amines) is 1. The fourth-order valence-electron chi connectivity index (χ4n) is 4.72. The second kappa shape index (κ2) is 13.8. The molecule has 1 fully saturated rings. The molecule has 4 rings (SSSR count). The van der Waals surface area contributed by atoms with E-state index in [-0.39, 0.29) is 11.3 Å². The number of carbonyl (C=O) groups excluding carboxylic acids is 2. The summed E-state index contributed by atoms with van der Waals surface area (Å²) in [7, 11) is 3.94. The van der Waals surface area contributed by atoms with E-state index < -0.39 is 17.7 Å². The second-order valence-electron chi connectivity index (χ2n) is 10.2. The Kier molecular flexibility index (Phi) is 9.97. The number of unbranched alkanes of at least 4 members (excludes halogenated alkanes) is 1. The van der Waals surface area contributed by atoms with Gasteiger partial charge in [0, 0.05) is 12.1 Å². The Hall–Kier alpha value is -4.10. The van der Waals surface area contributed by atoms with Crippen molar-refractivity contribution in [2.24, 2.45) is 0 Å². The van der Waals surface area contributed by atoms with Crippen LogP contribution in [-0.4, -0.2) is 60.4 Å². The third-order valence-corrected chi connectivity index (χ3v) is 6.86. The summed E-state index contributed by atoms with van der Waals surface area (Å²) in [4.78, 5) is 30.2. The SMILES string of the molecule is CCCCOc1cccc(C(O)=C2C(=O)C(=O)N(CCCN(C)C)C2c2ccc(OCc3ccccc3)cc2)c1. The molecule has 0 bridgehead atoms. The first kappa shape index (κ1) is 28.9. The molecule has 0 radical (unpaired) electrons. The van der Waals surface area contributed by atoms with E-state index >= 15 is 0 Å². The molecule has 0 spiro atoms. The van der Waals surface area contributed by atoms with Crippen LogP contribution in [0.4, 0.5) is 0 Å². The molecule has 7 heteroatoms. The van der Waals surface area contributed by atoms with Gasteiger partial charge >= 0.3 is 0 Å². The van der Waals surface area contributed by atoms with Crippen molar-refractivity contribution < 1.29 is 24.2 Å². The zero-order valence-electron chi connectivity index (χ0n) is 23.5. The number of carbonyl (C=O) groups is 2. The highest BCUT2D eigenvalue weighted by Crippen LogP contribution is 2.40. The Morgan fingerprint density at radius 2 is 1.65 bits per heavy atom. The summed E-state index contributed by atoms with van der Waals surface area (Å²) in [6, 6.07) is 23.6. The maximum atomic E-state index is 13.4. The van der Waals surface area contributed by atoms with Crippen LogP contribution >= 0.6 is 0 Å². The maximum Gasteiger partial charge on any atom is 0.295 e. The molecule has 3 aromatic carbocycles. The molecule has 1 amide bonds. The molecule has 1 unspecified atom stereocenters. The minimum atomic E-state index is -0.713. The molecule has 0 aliphatic carbocycles. The smallest absolute Gasteiger partial charge is 0.295 e. The van der Waals surface area contributed by atoms with Gasteiger partial charge < -0.3 is 24.4 Å². The van der Waals surface area contributed by atoms with Crippen molar-refractivity contribution in [1.82, 2.24) is 9.80 Å². The number of hydrogen-bond donors (Lipinski definition) is 1. The predicted octanol–water partition coefficient (Wildman–Crippen LogP) is 5.82. The van der Waals surface area contributed by atoms with Crippen LogP contribution in [0.3, 0.4) is 0 Å². The standard InChI is InChI=1S/C33H38N2O5/c1-4-5-21-39-28-14-9-13-26(22-28)31(36)29-30(35(33(38)32(29)37)20-10-19-34(2)3)25-15-17-27(18-16-25)40-23-24-11-7-6-8-12-24/h6-9,11-18,22,30,36H,4-5,10,19-21,23H2,1-3H3. The number of aliphatic hydroxyl groups is 1. The first-order valence-corrected chi connectivity index (χ1v) is 13.8. The molecular weight excluding hydrogens is 504 g/mol. The highest BCUT2D eigenvalue weighted by Gasteiger charge is 2.45. The molecule has 1 aliphatic rings. The molecule has 1 aliphatic heterocycles. The van der Waals surface area contributed by atoms with Gasteiger partial charge in [-0.05, 0) is 68.9 Å². The van der Waals surface area contributed by atoms with E-state index in [1.165, 1.54) is 0 Å². The zero-order chi connectivity index (χ0) is 28.5. The van der Waals surface area contributed by atoms with E-state index in [1.54, 1.807) is 23.1 Å². The summed E-state index contributed by atoms with van der Waals surface area (Å²) < 4.78 is 11.7. The predicted molar refractivity (Wildman–Crippen MR) is 156 cm³/mol. The highest BCUT2D eigenvalue weighted by molar-refractivity contribution is 6.46. The van der Waals surface area contributed by atoms with Gasteiger partial charge in [-0.3, -0.25) is 9.59 Å². The monoisotopic (exact) mass is 542 g/mol. The maximum absolute atomic E-state index is 13.4. The number of rotatable bonds is 13. The molecule has 3 aromatic rings. The van der Waals surface area contributed by atoms with Crippen molar-refractivity contribution in [2.75, 3.05) is 33.8 Å². The van der Waals surface area contributed by atoms with Crippen LogP contribution in [0.2, 0.25) is 0 Å². The molecule has 0 saturated carbocycles. The molecule has 7 nitrogen and oxygen atoms in total. The van der Waals surface area contributed by atoms with Gasteiger partial charge in [0.25, 0.3) is 11.7 Å². The van der Waals surface area contributed by atoms with Crippen LogP contribution in [0.1, 0.15) is 48.9 Å². The summed E-state index contributed by atoms with van der Waals surface area (Å²) in [6.07, 6.45) is 2.61. The Bertz CT molecular complexity index is 1320. The largest absolute Gasteiger partial charge is 0.507 e. The van der Waals surface area contributed by atoms with E-state index in [2.05, 4.69) is 6.92 Å². The number of aliphatic hydroxyl groups excluding tert-OH is 1. The van der Waals surface area contributed by atoms with Gasteiger partial charge in [0.05, 0.1) is 18.2 Å². The Morgan fingerprint density at radius 1 is 0.900 bits per heavy atom. The molecule has 0 aromatic heterocycles. The lowest BCUT2D eigenvalue weighted by molar-refractivity contribution is -0.139. The fraction of sp³-hybridized carbons (Fsp3) is 0.333. The van der Waals surface area contributed by atoms with Crippen LogP contribution in [0.5, 0.6) is 11.5 Å². The number of Topliss-reactive ketones (excluding diaryl/α,β-unsaturated/α-hetero) is 1. The summed E-state index contributed by atoms with van der Waals surface area (Å²) >= 11 is 0. The number of nitrogens with zero attached hydrogens (tertiary/aromatic N) is 2.